The maximum atomic E-state index is 5.42. The number of hydrazine groups is 1. The van der Waals surface area contributed by atoms with Crippen LogP contribution in [0.25, 0.3) is 0 Å². The summed E-state index contributed by atoms with van der Waals surface area (Å²) in [4.78, 5) is 5.31. The van der Waals surface area contributed by atoms with Gasteiger partial charge in [-0.1, -0.05) is 0 Å². The summed E-state index contributed by atoms with van der Waals surface area (Å²) < 4.78 is 5.30. The number of nitrogens with zero attached hydrogens (tertiary/aromatic N) is 1. The van der Waals surface area contributed by atoms with Gasteiger partial charge in [0.25, 0.3) is 0 Å². The molecule has 0 aliphatic carbocycles. The van der Waals surface area contributed by atoms with Crippen molar-refractivity contribution >= 4 is 11.3 Å². The summed E-state index contributed by atoms with van der Waals surface area (Å²) >= 11 is 1.60. The lowest BCUT2D eigenvalue weighted by atomic mass is 10.2. The molecule has 0 radical (unpaired) electrons. The number of ether oxygens (including phenoxy) is 1. The van der Waals surface area contributed by atoms with Gasteiger partial charge in [0.2, 0.25) is 0 Å². The molecule has 13 heavy (non-hydrogen) atoms. The molecule has 0 fully saturated rings. The topological polar surface area (TPSA) is 60.2 Å². The summed E-state index contributed by atoms with van der Waals surface area (Å²) in [6.45, 7) is 5.24. The average molecular weight is 201 g/mol. The van der Waals surface area contributed by atoms with Crippen molar-refractivity contribution in [3.05, 3.63) is 16.1 Å². The van der Waals surface area contributed by atoms with Crippen LogP contribution in [0.2, 0.25) is 0 Å². The van der Waals surface area contributed by atoms with Gasteiger partial charge in [-0.2, -0.15) is 0 Å². The van der Waals surface area contributed by atoms with E-state index in [-0.39, 0.29) is 6.04 Å². The number of nitrogens with two attached hydrogens (primary N) is 1. The molecule has 0 saturated heterocycles. The van der Waals surface area contributed by atoms with Crippen LogP contribution in [0.1, 0.15) is 23.5 Å². The Morgan fingerprint density at radius 2 is 2.54 bits per heavy atom. The average Bonchev–Trinajstić information content (AvgIpc) is 2.54. The Kier molecular flexibility index (Phi) is 4.31. The van der Waals surface area contributed by atoms with Crippen molar-refractivity contribution in [1.82, 2.24) is 10.4 Å². The Balaban J connectivity index is 2.61. The van der Waals surface area contributed by atoms with Gasteiger partial charge >= 0.3 is 0 Å². The molecule has 1 heterocycles. The number of rotatable bonds is 5. The van der Waals surface area contributed by atoms with Crippen LogP contribution in [-0.4, -0.2) is 18.2 Å². The van der Waals surface area contributed by atoms with E-state index >= 15 is 0 Å². The largest absolute Gasteiger partial charge is 0.380 e. The second-order valence-corrected chi connectivity index (χ2v) is 3.57. The Morgan fingerprint density at radius 1 is 1.77 bits per heavy atom. The minimum atomic E-state index is 0.0625. The van der Waals surface area contributed by atoms with Gasteiger partial charge in [0, 0.05) is 11.5 Å². The van der Waals surface area contributed by atoms with E-state index in [9.17, 15) is 0 Å². The van der Waals surface area contributed by atoms with E-state index in [0.717, 1.165) is 10.6 Å². The van der Waals surface area contributed by atoms with Gasteiger partial charge in [-0.3, -0.25) is 5.84 Å². The lowest BCUT2D eigenvalue weighted by Crippen LogP contribution is -2.31. The molecule has 1 aromatic rings. The zero-order chi connectivity index (χ0) is 9.68. The van der Waals surface area contributed by atoms with Crippen molar-refractivity contribution in [2.45, 2.75) is 19.9 Å². The van der Waals surface area contributed by atoms with E-state index in [1.807, 2.05) is 19.4 Å². The smallest absolute Gasteiger partial charge is 0.0805 e. The third-order valence-corrected chi connectivity index (χ3v) is 2.83. The quantitative estimate of drug-likeness (QED) is 0.551. The third kappa shape index (κ3) is 2.73. The highest BCUT2D eigenvalue weighted by Gasteiger charge is 2.14. The second-order valence-electron chi connectivity index (χ2n) is 2.68. The van der Waals surface area contributed by atoms with E-state index in [2.05, 4.69) is 10.4 Å². The van der Waals surface area contributed by atoms with E-state index in [1.165, 1.54) is 0 Å². The fraction of sp³-hybridized carbons (Fsp3) is 0.625. The zero-order valence-corrected chi connectivity index (χ0v) is 8.73. The fourth-order valence-corrected chi connectivity index (χ4v) is 1.93. The molecular formula is C8H15N3OS. The maximum absolute atomic E-state index is 5.42. The highest BCUT2D eigenvalue weighted by atomic mass is 32.1. The molecular weight excluding hydrogens is 186 g/mol. The maximum Gasteiger partial charge on any atom is 0.0805 e. The van der Waals surface area contributed by atoms with Gasteiger partial charge in [-0.05, 0) is 13.8 Å². The molecule has 5 heteroatoms. The molecule has 4 nitrogen and oxygen atoms in total. The van der Waals surface area contributed by atoms with Crippen molar-refractivity contribution in [2.24, 2.45) is 5.84 Å². The number of aromatic nitrogens is 1. The molecule has 1 aromatic heterocycles. The molecule has 3 N–H and O–H groups in total. The number of aryl methyl sites for hydroxylation is 1. The molecule has 74 valence electrons. The van der Waals surface area contributed by atoms with E-state index in [1.54, 1.807) is 11.3 Å². The van der Waals surface area contributed by atoms with Crippen molar-refractivity contribution in [2.75, 3.05) is 13.2 Å². The Bertz CT molecular complexity index is 251. The minimum Gasteiger partial charge on any atom is -0.380 e. The lowest BCUT2D eigenvalue weighted by Gasteiger charge is -2.14. The minimum absolute atomic E-state index is 0.0625. The third-order valence-electron chi connectivity index (χ3n) is 1.79. The van der Waals surface area contributed by atoms with Crippen LogP contribution in [0.5, 0.6) is 0 Å². The first-order valence-electron chi connectivity index (χ1n) is 4.23. The summed E-state index contributed by atoms with van der Waals surface area (Å²) in [7, 11) is 0. The molecule has 1 atom stereocenters. The molecule has 0 saturated carbocycles. The molecule has 0 aliphatic heterocycles. The van der Waals surface area contributed by atoms with Crippen LogP contribution in [0, 0.1) is 6.92 Å². The lowest BCUT2D eigenvalue weighted by molar-refractivity contribution is 0.124. The van der Waals surface area contributed by atoms with Crippen LogP contribution in [0.15, 0.2) is 5.51 Å². The SMILES string of the molecule is CCOCC(NN)c1scnc1C. The fourth-order valence-electron chi connectivity index (χ4n) is 1.08. The van der Waals surface area contributed by atoms with E-state index < -0.39 is 0 Å². The first-order chi connectivity index (χ1) is 6.29. The highest BCUT2D eigenvalue weighted by Crippen LogP contribution is 2.20. The Morgan fingerprint density at radius 3 is 3.00 bits per heavy atom. The molecule has 1 rings (SSSR count). The van der Waals surface area contributed by atoms with Crippen molar-refractivity contribution in [3.8, 4) is 0 Å². The summed E-state index contributed by atoms with van der Waals surface area (Å²) in [5, 5.41) is 0. The summed E-state index contributed by atoms with van der Waals surface area (Å²) in [5.74, 6) is 5.42. The van der Waals surface area contributed by atoms with Crippen LogP contribution in [-0.2, 0) is 4.74 Å². The van der Waals surface area contributed by atoms with Crippen LogP contribution >= 0.6 is 11.3 Å². The van der Waals surface area contributed by atoms with E-state index in [0.29, 0.717) is 13.2 Å². The summed E-state index contributed by atoms with van der Waals surface area (Å²) in [5.41, 5.74) is 5.57. The Hall–Kier alpha value is -0.490. The normalized spacial score (nSPS) is 13.2. The Labute approximate surface area is 82.1 Å². The highest BCUT2D eigenvalue weighted by molar-refractivity contribution is 7.09. The number of hydrogen-bond acceptors (Lipinski definition) is 5. The van der Waals surface area contributed by atoms with Gasteiger partial charge in [0.15, 0.2) is 0 Å². The standard InChI is InChI=1S/C8H15N3OS/c1-3-12-4-7(11-9)8-6(2)10-5-13-8/h5,7,11H,3-4,9H2,1-2H3. The predicted molar refractivity (Wildman–Crippen MR) is 53.4 cm³/mol. The summed E-state index contributed by atoms with van der Waals surface area (Å²) in [6.07, 6.45) is 0. The van der Waals surface area contributed by atoms with Gasteiger partial charge < -0.3 is 4.74 Å². The van der Waals surface area contributed by atoms with Gasteiger partial charge in [0.1, 0.15) is 0 Å². The van der Waals surface area contributed by atoms with Gasteiger partial charge in [0.05, 0.1) is 23.9 Å². The monoisotopic (exact) mass is 201 g/mol. The molecule has 0 amide bonds. The molecule has 0 spiro atoms. The number of hydrogen-bond donors (Lipinski definition) is 2. The van der Waals surface area contributed by atoms with E-state index in [4.69, 9.17) is 10.6 Å². The van der Waals surface area contributed by atoms with Crippen molar-refractivity contribution in [1.29, 1.82) is 0 Å². The van der Waals surface area contributed by atoms with Gasteiger partial charge in [-0.25, -0.2) is 10.4 Å². The molecule has 0 aromatic carbocycles. The molecule has 0 bridgehead atoms. The van der Waals surface area contributed by atoms with Gasteiger partial charge in [-0.15, -0.1) is 11.3 Å². The molecule has 0 aliphatic rings. The number of thiazole rings is 1. The van der Waals surface area contributed by atoms with Crippen LogP contribution < -0.4 is 11.3 Å². The summed E-state index contributed by atoms with van der Waals surface area (Å²) in [6, 6.07) is 0.0625. The van der Waals surface area contributed by atoms with Crippen molar-refractivity contribution < 1.29 is 4.74 Å². The predicted octanol–water partition coefficient (Wildman–Crippen LogP) is 0.992. The molecule has 1 unspecified atom stereocenters. The number of nitrogens with one attached hydrogen (secondary N) is 1. The van der Waals surface area contributed by atoms with Crippen LogP contribution in [0.3, 0.4) is 0 Å². The first-order valence-corrected chi connectivity index (χ1v) is 5.11. The van der Waals surface area contributed by atoms with Crippen LogP contribution in [0.4, 0.5) is 0 Å². The first kappa shape index (κ1) is 10.6. The zero-order valence-electron chi connectivity index (χ0n) is 7.91. The second kappa shape index (κ2) is 5.29. The van der Waals surface area contributed by atoms with Crippen molar-refractivity contribution in [3.63, 3.8) is 0 Å².